The van der Waals surface area contributed by atoms with Crippen molar-refractivity contribution in [2.75, 3.05) is 5.32 Å². The minimum Gasteiger partial charge on any atom is -0.444 e. The fraction of sp³-hybridized carbons (Fsp3) is 0.500. The van der Waals surface area contributed by atoms with Crippen LogP contribution in [-0.4, -0.2) is 6.09 Å². The lowest BCUT2D eigenvalue weighted by Crippen LogP contribution is -2.23. The lowest BCUT2D eigenvalue weighted by atomic mass is 9.88. The van der Waals surface area contributed by atoms with Crippen molar-refractivity contribution in [3.63, 3.8) is 0 Å². The number of carbonyl (C=O) groups is 1. The first-order valence-corrected chi connectivity index (χ1v) is 7.40. The third-order valence-corrected chi connectivity index (χ3v) is 3.93. The Balaban J connectivity index is 0.000000272. The summed E-state index contributed by atoms with van der Waals surface area (Å²) >= 11 is 2.98. The number of anilines is 1. The zero-order valence-electron chi connectivity index (χ0n) is 11.4. The summed E-state index contributed by atoms with van der Waals surface area (Å²) in [4.78, 5) is 10.9. The quantitative estimate of drug-likeness (QED) is 0.674. The van der Waals surface area contributed by atoms with Crippen LogP contribution in [0.1, 0.15) is 37.3 Å². The van der Waals surface area contributed by atoms with E-state index in [9.17, 15) is 18.0 Å². The molecule has 1 aromatic carbocycles. The Morgan fingerprint density at radius 1 is 1.33 bits per heavy atom. The SMILES string of the molecule is CC1CCC1.O=C1Nc2c(cc(Br)cc2C(F)(F)F)CO1. The molecule has 7 heteroatoms. The number of fused-ring (bicyclic) bond motifs is 1. The molecular weight excluding hydrogens is 351 g/mol. The molecule has 1 N–H and O–H groups in total. The molecule has 0 atom stereocenters. The molecule has 1 saturated carbocycles. The topological polar surface area (TPSA) is 38.3 Å². The van der Waals surface area contributed by atoms with Gasteiger partial charge in [-0.2, -0.15) is 13.2 Å². The molecule has 0 bridgehead atoms. The molecule has 3 nitrogen and oxygen atoms in total. The van der Waals surface area contributed by atoms with E-state index in [0.29, 0.717) is 10.0 Å². The van der Waals surface area contributed by atoms with E-state index >= 15 is 0 Å². The third-order valence-electron chi connectivity index (χ3n) is 3.47. The Hall–Kier alpha value is -1.24. The summed E-state index contributed by atoms with van der Waals surface area (Å²) in [6, 6.07) is 2.40. The smallest absolute Gasteiger partial charge is 0.418 e. The number of ether oxygens (including phenoxy) is 1. The van der Waals surface area contributed by atoms with Crippen LogP contribution in [0.3, 0.4) is 0 Å². The van der Waals surface area contributed by atoms with E-state index in [2.05, 4.69) is 32.9 Å². The summed E-state index contributed by atoms with van der Waals surface area (Å²) in [5.41, 5.74) is -0.818. The van der Waals surface area contributed by atoms with E-state index in [1.165, 1.54) is 25.3 Å². The normalized spacial score (nSPS) is 17.7. The minimum atomic E-state index is -4.52. The summed E-state index contributed by atoms with van der Waals surface area (Å²) in [5.74, 6) is 1.06. The highest BCUT2D eigenvalue weighted by Gasteiger charge is 2.36. The third kappa shape index (κ3) is 4.12. The van der Waals surface area contributed by atoms with Crippen molar-refractivity contribution in [1.29, 1.82) is 0 Å². The van der Waals surface area contributed by atoms with Crippen LogP contribution in [0.15, 0.2) is 16.6 Å². The summed E-state index contributed by atoms with van der Waals surface area (Å²) in [5, 5.41) is 2.06. The van der Waals surface area contributed by atoms with Crippen molar-refractivity contribution in [3.05, 3.63) is 27.7 Å². The van der Waals surface area contributed by atoms with Crippen LogP contribution in [0.25, 0.3) is 0 Å². The lowest BCUT2D eigenvalue weighted by molar-refractivity contribution is -0.137. The van der Waals surface area contributed by atoms with Gasteiger partial charge in [0.25, 0.3) is 0 Å². The fourth-order valence-corrected chi connectivity index (χ4v) is 2.55. The summed E-state index contributed by atoms with van der Waals surface area (Å²) in [6.07, 6.45) is -0.931. The number of halogens is 4. The van der Waals surface area contributed by atoms with Crippen LogP contribution in [0.4, 0.5) is 23.7 Å². The predicted octanol–water partition coefficient (Wildman–Crippen LogP) is 5.34. The van der Waals surface area contributed by atoms with Gasteiger partial charge in [0.2, 0.25) is 0 Å². The molecule has 0 spiro atoms. The number of hydrogen-bond donors (Lipinski definition) is 1. The lowest BCUT2D eigenvalue weighted by Gasteiger charge is -2.22. The van der Waals surface area contributed by atoms with Crippen molar-refractivity contribution >= 4 is 27.7 Å². The number of amides is 1. The average molecular weight is 366 g/mol. The first kappa shape index (κ1) is 16.1. The zero-order valence-corrected chi connectivity index (χ0v) is 13.0. The Kier molecular flexibility index (Phi) is 4.81. The molecule has 0 saturated heterocycles. The molecule has 1 fully saturated rings. The van der Waals surface area contributed by atoms with E-state index in [0.717, 1.165) is 12.0 Å². The average Bonchev–Trinajstić information content (AvgIpc) is 2.35. The van der Waals surface area contributed by atoms with E-state index in [1.54, 1.807) is 0 Å². The number of hydrogen-bond acceptors (Lipinski definition) is 2. The maximum atomic E-state index is 12.7. The first-order chi connectivity index (χ1) is 9.77. The number of rotatable bonds is 0. The van der Waals surface area contributed by atoms with Crippen LogP contribution in [0.5, 0.6) is 0 Å². The second-order valence-corrected chi connectivity index (χ2v) is 6.14. The Bertz CT molecular complexity index is 542. The van der Waals surface area contributed by atoms with Gasteiger partial charge >= 0.3 is 12.3 Å². The number of cyclic esters (lactones) is 1. The highest BCUT2D eigenvalue weighted by molar-refractivity contribution is 9.10. The van der Waals surface area contributed by atoms with E-state index < -0.39 is 17.8 Å². The second kappa shape index (κ2) is 6.25. The van der Waals surface area contributed by atoms with E-state index in [1.807, 2.05) is 0 Å². The summed E-state index contributed by atoms with van der Waals surface area (Å²) in [7, 11) is 0. The van der Waals surface area contributed by atoms with Gasteiger partial charge in [-0.15, -0.1) is 0 Å². The monoisotopic (exact) mass is 365 g/mol. The highest BCUT2D eigenvalue weighted by atomic mass is 79.9. The number of carbonyl (C=O) groups excluding carboxylic acids is 1. The van der Waals surface area contributed by atoms with Gasteiger partial charge in [0.05, 0.1) is 11.3 Å². The maximum Gasteiger partial charge on any atom is 0.418 e. The van der Waals surface area contributed by atoms with Crippen LogP contribution >= 0.6 is 15.9 Å². The van der Waals surface area contributed by atoms with Gasteiger partial charge in [-0.25, -0.2) is 4.79 Å². The highest BCUT2D eigenvalue weighted by Crippen LogP contribution is 2.40. The molecule has 21 heavy (non-hydrogen) atoms. The molecule has 2 aliphatic rings. The van der Waals surface area contributed by atoms with Gasteiger partial charge in [-0.05, 0) is 18.1 Å². The second-order valence-electron chi connectivity index (χ2n) is 5.22. The molecule has 1 aliphatic heterocycles. The summed E-state index contributed by atoms with van der Waals surface area (Å²) in [6.45, 7) is 2.15. The Labute approximate surface area is 129 Å². The van der Waals surface area contributed by atoms with Crippen LogP contribution in [0.2, 0.25) is 0 Å². The number of benzene rings is 1. The summed E-state index contributed by atoms with van der Waals surface area (Å²) < 4.78 is 42.9. The molecule has 0 radical (unpaired) electrons. The molecule has 0 unspecified atom stereocenters. The van der Waals surface area contributed by atoms with E-state index in [-0.39, 0.29) is 12.3 Å². The molecule has 1 aliphatic carbocycles. The zero-order chi connectivity index (χ0) is 15.6. The van der Waals surface area contributed by atoms with Gasteiger partial charge in [0.15, 0.2) is 0 Å². The molecular formula is C14H15BrF3NO2. The Morgan fingerprint density at radius 3 is 2.43 bits per heavy atom. The number of alkyl halides is 3. The van der Waals surface area contributed by atoms with Crippen LogP contribution in [-0.2, 0) is 17.5 Å². The van der Waals surface area contributed by atoms with Gasteiger partial charge in [0, 0.05) is 10.0 Å². The standard InChI is InChI=1S/C9H5BrF3NO2.C5H10/c10-5-1-4-3-16-8(15)14-7(4)6(2-5)9(11,12)13;1-5-3-2-4-5/h1-2H,3H2,(H,14,15);5H,2-4H2,1H3. The number of nitrogens with one attached hydrogen (secondary N) is 1. The molecule has 1 aromatic rings. The van der Waals surface area contributed by atoms with Gasteiger partial charge in [0.1, 0.15) is 6.61 Å². The van der Waals surface area contributed by atoms with Crippen LogP contribution in [0, 0.1) is 5.92 Å². The maximum absolute atomic E-state index is 12.7. The molecule has 0 aromatic heterocycles. The molecule has 1 amide bonds. The largest absolute Gasteiger partial charge is 0.444 e. The predicted molar refractivity (Wildman–Crippen MR) is 76.0 cm³/mol. The van der Waals surface area contributed by atoms with Gasteiger partial charge < -0.3 is 4.74 Å². The van der Waals surface area contributed by atoms with E-state index in [4.69, 9.17) is 0 Å². The molecule has 1 heterocycles. The fourth-order valence-electron chi connectivity index (χ4n) is 2.04. The van der Waals surface area contributed by atoms with Gasteiger partial charge in [-0.3, -0.25) is 5.32 Å². The minimum absolute atomic E-state index is 0.163. The van der Waals surface area contributed by atoms with Crippen molar-refractivity contribution < 1.29 is 22.7 Å². The van der Waals surface area contributed by atoms with Crippen molar-refractivity contribution in [2.24, 2.45) is 5.92 Å². The van der Waals surface area contributed by atoms with Crippen LogP contribution < -0.4 is 5.32 Å². The Morgan fingerprint density at radius 2 is 1.95 bits per heavy atom. The van der Waals surface area contributed by atoms with Crippen molar-refractivity contribution in [1.82, 2.24) is 0 Å². The first-order valence-electron chi connectivity index (χ1n) is 6.60. The van der Waals surface area contributed by atoms with Crippen molar-refractivity contribution in [3.8, 4) is 0 Å². The molecule has 116 valence electrons. The van der Waals surface area contributed by atoms with Crippen molar-refractivity contribution in [2.45, 2.75) is 39.0 Å². The van der Waals surface area contributed by atoms with Gasteiger partial charge in [-0.1, -0.05) is 42.1 Å². The molecule has 3 rings (SSSR count).